The summed E-state index contributed by atoms with van der Waals surface area (Å²) in [5, 5.41) is 21.7. The van der Waals surface area contributed by atoms with E-state index in [0.29, 0.717) is 54.5 Å². The van der Waals surface area contributed by atoms with E-state index >= 15 is 0 Å². The molecule has 0 radical (unpaired) electrons. The monoisotopic (exact) mass is 1140 g/mol. The molecule has 5 atom stereocenters. The van der Waals surface area contributed by atoms with E-state index in [-0.39, 0.29) is 70.4 Å². The van der Waals surface area contributed by atoms with Crippen molar-refractivity contribution in [1.29, 1.82) is 0 Å². The normalized spacial score (nSPS) is 17.1. The third-order valence-electron chi connectivity index (χ3n) is 14.9. The van der Waals surface area contributed by atoms with Gasteiger partial charge in [0.1, 0.15) is 29.4 Å². The van der Waals surface area contributed by atoms with Gasteiger partial charge in [0.2, 0.25) is 11.8 Å². The third kappa shape index (κ3) is 11.9. The Labute approximate surface area is 473 Å². The van der Waals surface area contributed by atoms with Gasteiger partial charge in [-0.3, -0.25) is 32.9 Å². The van der Waals surface area contributed by atoms with E-state index in [1.54, 1.807) is 85.0 Å². The van der Waals surface area contributed by atoms with Gasteiger partial charge in [0.25, 0.3) is 15.9 Å². The number of ether oxygens (including phenoxy) is 2. The number of anilines is 2. The standard InChI is InChI=1S/C59H65N11O9S2/c1-8-23-78-45-12-10-13-46(27-45)79-52-29-50-49(66(6)59(75)67(50)7)28-48(52)65-81(76,77)47-14-9-11-41(24-47)56(72)64-43-20-22-68(32-43)53-25-40(19-21-60-53)42-30-62-70(31-42)54(35(2)3)58(74)69-33-44(71)26-51(69)57(73)63-36(4)38-15-17-39(18-16-38)55-37(5)61-34-80-55/h9-19,21,24-25,27-31,34-36,43-44,51,54,65,71H,8,20,22-23,26,32-33H2,1-7H3,(H,63,73)(H,64,72)/t36-,43-,44+,51-,54-/m0/s1. The van der Waals surface area contributed by atoms with Crippen molar-refractivity contribution >= 4 is 61.6 Å². The van der Waals surface area contributed by atoms with E-state index in [4.69, 9.17) is 9.47 Å². The Kier molecular flexibility index (Phi) is 16.2. The largest absolute Gasteiger partial charge is 0.493 e. The molecule has 4 aromatic heterocycles. The van der Waals surface area contributed by atoms with Crippen molar-refractivity contribution in [2.24, 2.45) is 20.0 Å². The molecule has 0 spiro atoms. The van der Waals surface area contributed by atoms with Crippen LogP contribution in [0, 0.1) is 12.8 Å². The van der Waals surface area contributed by atoms with E-state index in [1.807, 2.05) is 82.7 Å². The number of hydrogen-bond donors (Lipinski definition) is 4. The van der Waals surface area contributed by atoms with E-state index < -0.39 is 34.1 Å². The van der Waals surface area contributed by atoms with Crippen LogP contribution in [0.2, 0.25) is 0 Å². The first-order valence-corrected chi connectivity index (χ1v) is 29.3. The Balaban J connectivity index is 0.782. The van der Waals surface area contributed by atoms with E-state index in [0.717, 1.165) is 39.2 Å². The second kappa shape index (κ2) is 23.4. The minimum atomic E-state index is -4.33. The molecule has 2 saturated heterocycles. The Morgan fingerprint density at radius 3 is 2.37 bits per heavy atom. The molecule has 6 heterocycles. The molecule has 4 aromatic carbocycles. The number of nitrogens with one attached hydrogen (secondary N) is 3. The zero-order valence-corrected chi connectivity index (χ0v) is 47.7. The summed E-state index contributed by atoms with van der Waals surface area (Å²) in [6.07, 6.45) is 5.84. The molecular formula is C59H65N11O9S2. The minimum absolute atomic E-state index is 0.0184. The molecule has 0 unspecified atom stereocenters. The van der Waals surface area contributed by atoms with Crippen molar-refractivity contribution < 1.29 is 37.4 Å². The molecule has 8 aromatic rings. The quantitative estimate of drug-likeness (QED) is 0.0601. The highest BCUT2D eigenvalue weighted by Crippen LogP contribution is 2.37. The highest BCUT2D eigenvalue weighted by molar-refractivity contribution is 7.92. The second-order valence-electron chi connectivity index (χ2n) is 21.0. The molecule has 0 bridgehead atoms. The zero-order chi connectivity index (χ0) is 57.3. The molecular weight excluding hydrogens is 1070 g/mol. The summed E-state index contributed by atoms with van der Waals surface area (Å²) in [5.41, 5.74) is 7.18. The van der Waals surface area contributed by atoms with Gasteiger partial charge in [0.05, 0.1) is 62.6 Å². The Morgan fingerprint density at radius 2 is 1.63 bits per heavy atom. The zero-order valence-electron chi connectivity index (χ0n) is 46.1. The number of benzene rings is 4. The van der Waals surface area contributed by atoms with Gasteiger partial charge in [-0.05, 0) is 97.8 Å². The fraction of sp³-hybridized carbons (Fsp3) is 0.339. The lowest BCUT2D eigenvalue weighted by atomic mass is 10.0. The van der Waals surface area contributed by atoms with Crippen LogP contribution in [0.5, 0.6) is 17.2 Å². The highest BCUT2D eigenvalue weighted by atomic mass is 32.2. The number of β-amino-alcohol motifs (C(OH)–C–C–N with tert-alkyl or cyclic N) is 1. The summed E-state index contributed by atoms with van der Waals surface area (Å²) in [7, 11) is -1.10. The lowest BCUT2D eigenvalue weighted by molar-refractivity contribution is -0.142. The fourth-order valence-electron chi connectivity index (χ4n) is 10.5. The summed E-state index contributed by atoms with van der Waals surface area (Å²) in [4.78, 5) is 68.7. The van der Waals surface area contributed by atoms with Crippen molar-refractivity contribution in [2.45, 2.75) is 89.0 Å². The van der Waals surface area contributed by atoms with Gasteiger partial charge in [-0.1, -0.05) is 57.2 Å². The van der Waals surface area contributed by atoms with Crippen LogP contribution in [0.25, 0.3) is 32.6 Å². The Hall–Kier alpha value is -8.34. The molecule has 22 heteroatoms. The number of amides is 3. The average molecular weight is 1140 g/mol. The lowest BCUT2D eigenvalue weighted by Crippen LogP contribution is -2.49. The molecule has 2 aliphatic rings. The predicted molar refractivity (Wildman–Crippen MR) is 310 cm³/mol. The van der Waals surface area contributed by atoms with Gasteiger partial charge in [0.15, 0.2) is 5.75 Å². The van der Waals surface area contributed by atoms with Gasteiger partial charge in [-0.15, -0.1) is 11.3 Å². The van der Waals surface area contributed by atoms with E-state index in [2.05, 4.69) is 35.3 Å². The highest BCUT2D eigenvalue weighted by Gasteiger charge is 2.43. The molecule has 0 aliphatic carbocycles. The lowest BCUT2D eigenvalue weighted by Gasteiger charge is -2.30. The summed E-state index contributed by atoms with van der Waals surface area (Å²) in [6.45, 7) is 11.2. The van der Waals surface area contributed by atoms with Crippen LogP contribution in [0.1, 0.15) is 80.7 Å². The van der Waals surface area contributed by atoms with Gasteiger partial charge in [0, 0.05) is 81.8 Å². The molecule has 3 amide bonds. The molecule has 2 aliphatic heterocycles. The number of aliphatic hydroxyl groups excluding tert-OH is 1. The smallest absolute Gasteiger partial charge is 0.328 e. The van der Waals surface area contributed by atoms with Crippen molar-refractivity contribution in [3.8, 4) is 38.8 Å². The third-order valence-corrected chi connectivity index (χ3v) is 17.2. The molecule has 81 heavy (non-hydrogen) atoms. The van der Waals surface area contributed by atoms with Crippen LogP contribution in [-0.2, 0) is 33.7 Å². The predicted octanol–water partition coefficient (Wildman–Crippen LogP) is 7.99. The summed E-state index contributed by atoms with van der Waals surface area (Å²) in [5.74, 6) is 0.456. The molecule has 20 nitrogen and oxygen atoms in total. The first-order chi connectivity index (χ1) is 38.8. The SMILES string of the molecule is CCCOc1cccc(Oc2cc3c(cc2NS(=O)(=O)c2cccc(C(=O)N[C@H]4CCN(c5cc(-c6cnn([C@H](C(=O)N7C[C@H](O)C[C@H]7C(=O)N[C@@H](C)c7ccc(-c8scnc8C)cc7)C(C)C)c6)ccn5)C4)c2)n(C)c(=O)n3C)c1. The maximum absolute atomic E-state index is 14.5. The Morgan fingerprint density at radius 1 is 0.877 bits per heavy atom. The number of rotatable bonds is 19. The van der Waals surface area contributed by atoms with E-state index in [1.165, 1.54) is 32.2 Å². The van der Waals surface area contributed by atoms with Crippen molar-refractivity contribution in [3.63, 3.8) is 0 Å². The number of pyridine rings is 1. The van der Waals surface area contributed by atoms with Crippen molar-refractivity contribution in [1.82, 2.24) is 44.4 Å². The van der Waals surface area contributed by atoms with Crippen LogP contribution < -0.4 is 35.4 Å². The number of thiazole rings is 1. The maximum atomic E-state index is 14.5. The van der Waals surface area contributed by atoms with Crippen LogP contribution >= 0.6 is 11.3 Å². The van der Waals surface area contributed by atoms with Crippen molar-refractivity contribution in [2.75, 3.05) is 35.9 Å². The van der Waals surface area contributed by atoms with Crippen LogP contribution in [0.4, 0.5) is 11.5 Å². The van der Waals surface area contributed by atoms with Gasteiger partial charge < -0.3 is 35.0 Å². The number of sulfonamides is 1. The maximum Gasteiger partial charge on any atom is 0.328 e. The average Bonchev–Trinajstić information content (AvgIpc) is 4.45. The van der Waals surface area contributed by atoms with Crippen LogP contribution in [-0.4, -0.2) is 109 Å². The summed E-state index contributed by atoms with van der Waals surface area (Å²) in [6, 6.07) is 25.4. The minimum Gasteiger partial charge on any atom is -0.493 e. The first kappa shape index (κ1) is 56.0. The topological polar surface area (TPSA) is 237 Å². The van der Waals surface area contributed by atoms with Crippen molar-refractivity contribution in [3.05, 3.63) is 148 Å². The summed E-state index contributed by atoms with van der Waals surface area (Å²) < 4.78 is 47.5. The molecule has 4 N–H and O–H groups in total. The number of imidazole rings is 1. The number of hydrogen-bond acceptors (Lipinski definition) is 14. The number of carbonyl (C=O) groups is 3. The number of aliphatic hydroxyl groups is 1. The molecule has 10 rings (SSSR count). The van der Waals surface area contributed by atoms with Crippen LogP contribution in [0.15, 0.2) is 131 Å². The number of carbonyl (C=O) groups excluding carboxylic acids is 3. The number of fused-ring (bicyclic) bond motifs is 1. The number of nitrogens with zero attached hydrogens (tertiary/aromatic N) is 8. The summed E-state index contributed by atoms with van der Waals surface area (Å²) >= 11 is 1.57. The number of likely N-dealkylation sites (tertiary alicyclic amines) is 1. The van der Waals surface area contributed by atoms with Gasteiger partial charge in [-0.25, -0.2) is 23.2 Å². The molecule has 0 saturated carbocycles. The fourth-order valence-corrected chi connectivity index (χ4v) is 12.4. The molecule has 422 valence electrons. The van der Waals surface area contributed by atoms with E-state index in [9.17, 15) is 32.7 Å². The van der Waals surface area contributed by atoms with Gasteiger partial charge in [-0.2, -0.15) is 5.10 Å². The molecule has 2 fully saturated rings. The van der Waals surface area contributed by atoms with Crippen LogP contribution in [0.3, 0.4) is 0 Å². The number of aromatic nitrogens is 6. The Bertz CT molecular complexity index is 3820. The first-order valence-electron chi connectivity index (χ1n) is 26.9. The van der Waals surface area contributed by atoms with Gasteiger partial charge >= 0.3 is 5.69 Å². The second-order valence-corrected chi connectivity index (χ2v) is 23.6. The number of aryl methyl sites for hydroxylation is 3.